The summed E-state index contributed by atoms with van der Waals surface area (Å²) in [5, 5.41) is 11.8. The van der Waals surface area contributed by atoms with Crippen LogP contribution >= 0.6 is 11.8 Å². The van der Waals surface area contributed by atoms with E-state index in [0.29, 0.717) is 29.6 Å². The van der Waals surface area contributed by atoms with Crippen molar-refractivity contribution in [2.24, 2.45) is 0 Å². The lowest BCUT2D eigenvalue weighted by Gasteiger charge is -2.08. The van der Waals surface area contributed by atoms with E-state index in [9.17, 15) is 9.18 Å². The van der Waals surface area contributed by atoms with Crippen LogP contribution in [0.2, 0.25) is 0 Å². The molecule has 0 aliphatic heterocycles. The fourth-order valence-corrected chi connectivity index (χ4v) is 3.33. The van der Waals surface area contributed by atoms with Gasteiger partial charge in [0.05, 0.1) is 5.75 Å². The van der Waals surface area contributed by atoms with Crippen molar-refractivity contribution in [2.75, 3.05) is 5.75 Å². The summed E-state index contributed by atoms with van der Waals surface area (Å²) in [6, 6.07) is 16.0. The number of aromatic nitrogens is 3. The second kappa shape index (κ2) is 8.62. The summed E-state index contributed by atoms with van der Waals surface area (Å²) < 4.78 is 15.3. The van der Waals surface area contributed by atoms with Crippen molar-refractivity contribution in [3.8, 4) is 11.4 Å². The van der Waals surface area contributed by atoms with Gasteiger partial charge in [-0.05, 0) is 24.6 Å². The topological polar surface area (TPSA) is 59.8 Å². The van der Waals surface area contributed by atoms with E-state index >= 15 is 0 Å². The van der Waals surface area contributed by atoms with Gasteiger partial charge in [-0.25, -0.2) is 4.39 Å². The summed E-state index contributed by atoms with van der Waals surface area (Å²) in [4.78, 5) is 12.1. The predicted octanol–water partition coefficient (Wildman–Crippen LogP) is 3.51. The largest absolute Gasteiger partial charge is 0.351 e. The number of nitrogens with one attached hydrogen (secondary N) is 1. The average Bonchev–Trinajstić information content (AvgIpc) is 3.08. The quantitative estimate of drug-likeness (QED) is 0.647. The molecule has 0 fully saturated rings. The molecular weight excluding hydrogens is 351 g/mol. The number of nitrogens with zero attached hydrogens (tertiary/aromatic N) is 3. The third-order valence-electron chi connectivity index (χ3n) is 3.78. The third kappa shape index (κ3) is 4.49. The lowest BCUT2D eigenvalue weighted by molar-refractivity contribution is -0.118. The number of carbonyl (C=O) groups excluding carboxylic acids is 1. The first-order chi connectivity index (χ1) is 12.7. The van der Waals surface area contributed by atoms with E-state index in [-0.39, 0.29) is 17.5 Å². The Balaban J connectivity index is 1.62. The van der Waals surface area contributed by atoms with Gasteiger partial charge >= 0.3 is 0 Å². The van der Waals surface area contributed by atoms with Gasteiger partial charge in [0.1, 0.15) is 5.82 Å². The van der Waals surface area contributed by atoms with Gasteiger partial charge in [0, 0.05) is 18.7 Å². The van der Waals surface area contributed by atoms with Gasteiger partial charge in [-0.2, -0.15) is 0 Å². The number of rotatable bonds is 7. The average molecular weight is 370 g/mol. The summed E-state index contributed by atoms with van der Waals surface area (Å²) in [6.07, 6.45) is 0. The molecule has 1 aromatic heterocycles. The number of hydrogen-bond acceptors (Lipinski definition) is 4. The van der Waals surface area contributed by atoms with Gasteiger partial charge in [-0.15, -0.1) is 10.2 Å². The van der Waals surface area contributed by atoms with Crippen LogP contribution in [0, 0.1) is 5.82 Å². The van der Waals surface area contributed by atoms with Crippen molar-refractivity contribution in [2.45, 2.75) is 25.2 Å². The standard InChI is InChI=1S/C19H19FN4OS/c1-2-24-18(15-9-6-10-16(20)11-15)22-23-19(24)26-13-17(25)21-12-14-7-4-3-5-8-14/h3-11H,2,12-13H2,1H3,(H,21,25). The molecule has 3 aromatic rings. The van der Waals surface area contributed by atoms with E-state index in [0.717, 1.165) is 5.56 Å². The molecule has 0 aliphatic carbocycles. The summed E-state index contributed by atoms with van der Waals surface area (Å²) >= 11 is 1.32. The molecule has 0 spiro atoms. The molecule has 134 valence electrons. The van der Waals surface area contributed by atoms with Crippen molar-refractivity contribution in [1.82, 2.24) is 20.1 Å². The molecular formula is C19H19FN4OS. The first-order valence-corrected chi connectivity index (χ1v) is 9.28. The normalized spacial score (nSPS) is 10.7. The van der Waals surface area contributed by atoms with Gasteiger partial charge in [-0.3, -0.25) is 4.79 Å². The van der Waals surface area contributed by atoms with Crippen LogP contribution in [-0.2, 0) is 17.9 Å². The Bertz CT molecular complexity index is 882. The molecule has 26 heavy (non-hydrogen) atoms. The number of hydrogen-bond donors (Lipinski definition) is 1. The van der Waals surface area contributed by atoms with E-state index in [1.807, 2.05) is 41.8 Å². The molecule has 1 N–H and O–H groups in total. The van der Waals surface area contributed by atoms with Gasteiger partial charge in [0.2, 0.25) is 5.91 Å². The van der Waals surface area contributed by atoms with E-state index in [1.54, 1.807) is 12.1 Å². The summed E-state index contributed by atoms with van der Waals surface area (Å²) in [7, 11) is 0. The zero-order valence-electron chi connectivity index (χ0n) is 14.4. The lowest BCUT2D eigenvalue weighted by atomic mass is 10.2. The zero-order chi connectivity index (χ0) is 18.4. The van der Waals surface area contributed by atoms with Crippen LogP contribution < -0.4 is 5.32 Å². The van der Waals surface area contributed by atoms with Crippen molar-refractivity contribution in [3.05, 3.63) is 66.0 Å². The zero-order valence-corrected chi connectivity index (χ0v) is 15.2. The van der Waals surface area contributed by atoms with Crippen LogP contribution in [0.25, 0.3) is 11.4 Å². The highest BCUT2D eigenvalue weighted by molar-refractivity contribution is 7.99. The fraction of sp³-hybridized carbons (Fsp3) is 0.211. The predicted molar refractivity (Wildman–Crippen MR) is 100 cm³/mol. The molecule has 5 nitrogen and oxygen atoms in total. The maximum absolute atomic E-state index is 13.5. The molecule has 0 radical (unpaired) electrons. The van der Waals surface area contributed by atoms with Crippen LogP contribution in [0.3, 0.4) is 0 Å². The van der Waals surface area contributed by atoms with Crippen LogP contribution in [0.4, 0.5) is 4.39 Å². The van der Waals surface area contributed by atoms with Gasteiger partial charge in [0.15, 0.2) is 11.0 Å². The lowest BCUT2D eigenvalue weighted by Crippen LogP contribution is -2.24. The molecule has 3 rings (SSSR count). The number of carbonyl (C=O) groups is 1. The Morgan fingerprint density at radius 3 is 2.69 bits per heavy atom. The van der Waals surface area contributed by atoms with Crippen molar-refractivity contribution >= 4 is 17.7 Å². The number of amides is 1. The minimum Gasteiger partial charge on any atom is -0.351 e. The van der Waals surface area contributed by atoms with E-state index in [4.69, 9.17) is 0 Å². The summed E-state index contributed by atoms with van der Waals surface area (Å²) in [5.74, 6) is 0.451. The van der Waals surface area contributed by atoms with Crippen molar-refractivity contribution in [1.29, 1.82) is 0 Å². The maximum atomic E-state index is 13.5. The maximum Gasteiger partial charge on any atom is 0.230 e. The van der Waals surface area contributed by atoms with Gasteiger partial charge < -0.3 is 9.88 Å². The minimum absolute atomic E-state index is 0.0724. The molecule has 0 bridgehead atoms. The Labute approximate surface area is 155 Å². The van der Waals surface area contributed by atoms with E-state index in [2.05, 4.69) is 15.5 Å². The van der Waals surface area contributed by atoms with Crippen molar-refractivity contribution < 1.29 is 9.18 Å². The second-order valence-electron chi connectivity index (χ2n) is 5.61. The molecule has 0 atom stereocenters. The molecule has 2 aromatic carbocycles. The second-order valence-corrected chi connectivity index (χ2v) is 6.55. The Morgan fingerprint density at radius 1 is 1.15 bits per heavy atom. The monoisotopic (exact) mass is 370 g/mol. The highest BCUT2D eigenvalue weighted by Crippen LogP contribution is 2.24. The van der Waals surface area contributed by atoms with E-state index < -0.39 is 0 Å². The molecule has 0 aliphatic rings. The number of halogens is 1. The Hall–Kier alpha value is -2.67. The highest BCUT2D eigenvalue weighted by Gasteiger charge is 2.15. The smallest absolute Gasteiger partial charge is 0.230 e. The minimum atomic E-state index is -0.317. The van der Waals surface area contributed by atoms with Gasteiger partial charge in [0.25, 0.3) is 0 Å². The SMILES string of the molecule is CCn1c(SCC(=O)NCc2ccccc2)nnc1-c1cccc(F)c1. The Morgan fingerprint density at radius 2 is 1.96 bits per heavy atom. The van der Waals surface area contributed by atoms with Crippen LogP contribution in [0.1, 0.15) is 12.5 Å². The summed E-state index contributed by atoms with van der Waals surface area (Å²) in [5.41, 5.74) is 1.72. The fourth-order valence-electron chi connectivity index (χ4n) is 2.50. The highest BCUT2D eigenvalue weighted by atomic mass is 32.2. The van der Waals surface area contributed by atoms with Crippen LogP contribution in [-0.4, -0.2) is 26.4 Å². The molecule has 1 amide bonds. The Kier molecular flexibility index (Phi) is 6.01. The third-order valence-corrected chi connectivity index (χ3v) is 4.75. The molecule has 7 heteroatoms. The first kappa shape index (κ1) is 18.1. The van der Waals surface area contributed by atoms with Crippen LogP contribution in [0.5, 0.6) is 0 Å². The van der Waals surface area contributed by atoms with Gasteiger partial charge in [-0.1, -0.05) is 54.2 Å². The molecule has 0 unspecified atom stereocenters. The molecule has 0 saturated carbocycles. The first-order valence-electron chi connectivity index (χ1n) is 8.30. The number of thioether (sulfide) groups is 1. The molecule has 1 heterocycles. The van der Waals surface area contributed by atoms with E-state index in [1.165, 1.54) is 23.9 Å². The molecule has 0 saturated heterocycles. The number of benzene rings is 2. The van der Waals surface area contributed by atoms with Crippen molar-refractivity contribution in [3.63, 3.8) is 0 Å². The van der Waals surface area contributed by atoms with Crippen LogP contribution in [0.15, 0.2) is 59.8 Å². The summed E-state index contributed by atoms with van der Waals surface area (Å²) in [6.45, 7) is 3.09.